The van der Waals surface area contributed by atoms with Gasteiger partial charge < -0.3 is 19.4 Å². The summed E-state index contributed by atoms with van der Waals surface area (Å²) in [5.74, 6) is 0.857. The Hall–Kier alpha value is -1.56. The quantitative estimate of drug-likeness (QED) is 0.808. The summed E-state index contributed by atoms with van der Waals surface area (Å²) in [7, 11) is 1.48. The third kappa shape index (κ3) is 2.58. The second kappa shape index (κ2) is 5.18. The molecular formula is C11H17N3O3. The van der Waals surface area contributed by atoms with Gasteiger partial charge in [-0.1, -0.05) is 0 Å². The lowest BCUT2D eigenvalue weighted by Gasteiger charge is -2.23. The van der Waals surface area contributed by atoms with Gasteiger partial charge in [-0.2, -0.15) is 0 Å². The van der Waals surface area contributed by atoms with Crippen LogP contribution in [0, 0.1) is 0 Å². The van der Waals surface area contributed by atoms with Gasteiger partial charge in [-0.3, -0.25) is 4.79 Å². The molecule has 0 spiro atoms. The van der Waals surface area contributed by atoms with Crippen LogP contribution in [-0.4, -0.2) is 42.9 Å². The zero-order valence-electron chi connectivity index (χ0n) is 10.1. The van der Waals surface area contributed by atoms with Crippen LogP contribution in [0.1, 0.15) is 13.3 Å². The van der Waals surface area contributed by atoms with Crippen molar-refractivity contribution in [3.05, 3.63) is 16.7 Å². The van der Waals surface area contributed by atoms with Gasteiger partial charge in [-0.25, -0.2) is 4.98 Å². The Labute approximate surface area is 99.6 Å². The van der Waals surface area contributed by atoms with Crippen LogP contribution < -0.4 is 15.2 Å². The van der Waals surface area contributed by atoms with E-state index in [0.29, 0.717) is 12.4 Å². The van der Waals surface area contributed by atoms with E-state index >= 15 is 0 Å². The first-order valence-electron chi connectivity index (χ1n) is 5.70. The minimum atomic E-state index is -0.254. The third-order valence-corrected chi connectivity index (χ3v) is 2.75. The Bertz CT molecular complexity index is 432. The average Bonchev–Trinajstić information content (AvgIpc) is 2.53. The Kier molecular flexibility index (Phi) is 3.63. The van der Waals surface area contributed by atoms with E-state index < -0.39 is 0 Å². The molecule has 1 aliphatic heterocycles. The van der Waals surface area contributed by atoms with Gasteiger partial charge in [0.25, 0.3) is 5.56 Å². The number of hydrogen-bond acceptors (Lipinski definition) is 5. The fourth-order valence-corrected chi connectivity index (χ4v) is 1.97. The lowest BCUT2D eigenvalue weighted by Crippen LogP contribution is -2.32. The van der Waals surface area contributed by atoms with Crippen molar-refractivity contribution in [1.82, 2.24) is 9.97 Å². The maximum Gasteiger partial charge on any atom is 0.295 e. The molecule has 1 aliphatic rings. The van der Waals surface area contributed by atoms with Crippen LogP contribution in [0.15, 0.2) is 11.1 Å². The Balaban J connectivity index is 2.32. The normalized spacial score (nSPS) is 21.1. The van der Waals surface area contributed by atoms with Crippen LogP contribution in [0.4, 0.5) is 5.82 Å². The molecule has 1 saturated heterocycles. The summed E-state index contributed by atoms with van der Waals surface area (Å²) in [5, 5.41) is 0. The van der Waals surface area contributed by atoms with E-state index in [1.54, 1.807) is 0 Å². The highest BCUT2D eigenvalue weighted by Crippen LogP contribution is 2.22. The molecule has 1 atom stereocenters. The Morgan fingerprint density at radius 3 is 3.24 bits per heavy atom. The number of ether oxygens (including phenoxy) is 2. The molecule has 2 heterocycles. The highest BCUT2D eigenvalue weighted by Gasteiger charge is 2.21. The summed E-state index contributed by atoms with van der Waals surface area (Å²) < 4.78 is 10.7. The maximum atomic E-state index is 11.6. The highest BCUT2D eigenvalue weighted by atomic mass is 16.5. The van der Waals surface area contributed by atoms with Crippen LogP contribution in [-0.2, 0) is 4.74 Å². The van der Waals surface area contributed by atoms with Crippen molar-refractivity contribution in [2.75, 3.05) is 31.7 Å². The van der Waals surface area contributed by atoms with Crippen LogP contribution in [0.25, 0.3) is 0 Å². The molecule has 0 bridgehead atoms. The fraction of sp³-hybridized carbons (Fsp3) is 0.636. The summed E-state index contributed by atoms with van der Waals surface area (Å²) >= 11 is 0. The molecule has 0 radical (unpaired) electrons. The van der Waals surface area contributed by atoms with Crippen molar-refractivity contribution in [3.63, 3.8) is 0 Å². The summed E-state index contributed by atoms with van der Waals surface area (Å²) in [6, 6.07) is 0. The number of aromatic amines is 1. The third-order valence-electron chi connectivity index (χ3n) is 2.75. The minimum absolute atomic E-state index is 0.128. The molecule has 94 valence electrons. The molecule has 1 fully saturated rings. The molecule has 1 aromatic heterocycles. The molecule has 0 saturated carbocycles. The predicted octanol–water partition coefficient (Wildman–Crippen LogP) is 0.394. The average molecular weight is 239 g/mol. The van der Waals surface area contributed by atoms with E-state index in [2.05, 4.69) is 9.97 Å². The van der Waals surface area contributed by atoms with Gasteiger partial charge >= 0.3 is 0 Å². The van der Waals surface area contributed by atoms with Crippen molar-refractivity contribution in [2.45, 2.75) is 19.4 Å². The largest absolute Gasteiger partial charge is 0.489 e. The second-order valence-corrected chi connectivity index (χ2v) is 4.07. The van der Waals surface area contributed by atoms with Crippen LogP contribution in [0.5, 0.6) is 5.75 Å². The minimum Gasteiger partial charge on any atom is -0.489 e. The maximum absolute atomic E-state index is 11.6. The van der Waals surface area contributed by atoms with Crippen LogP contribution in [0.2, 0.25) is 0 Å². The van der Waals surface area contributed by atoms with Gasteiger partial charge in [-0.15, -0.1) is 0 Å². The SMILES string of the molecule is COc1c(N2CCCOC(C)C2)nc[nH]c1=O. The zero-order valence-corrected chi connectivity index (χ0v) is 10.1. The van der Waals surface area contributed by atoms with Crippen LogP contribution >= 0.6 is 0 Å². The number of nitrogens with zero attached hydrogens (tertiary/aromatic N) is 2. The molecule has 2 rings (SSSR count). The van der Waals surface area contributed by atoms with Gasteiger partial charge in [0.05, 0.1) is 19.5 Å². The number of methoxy groups -OCH3 is 1. The summed E-state index contributed by atoms with van der Waals surface area (Å²) in [6.45, 7) is 4.28. The molecule has 0 aliphatic carbocycles. The topological polar surface area (TPSA) is 67.5 Å². The predicted molar refractivity (Wildman–Crippen MR) is 63.7 cm³/mol. The van der Waals surface area contributed by atoms with Crippen molar-refractivity contribution >= 4 is 5.82 Å². The second-order valence-electron chi connectivity index (χ2n) is 4.07. The van der Waals surface area contributed by atoms with E-state index in [-0.39, 0.29) is 17.4 Å². The van der Waals surface area contributed by atoms with Crippen molar-refractivity contribution < 1.29 is 9.47 Å². The standard InChI is InChI=1S/C11H17N3O3/c1-8-6-14(4-3-5-17-8)10-9(16-2)11(15)13-7-12-10/h7-8H,3-6H2,1-2H3,(H,12,13,15). The first-order valence-corrected chi connectivity index (χ1v) is 5.70. The number of hydrogen-bond donors (Lipinski definition) is 1. The van der Waals surface area contributed by atoms with Crippen molar-refractivity contribution in [3.8, 4) is 5.75 Å². The number of rotatable bonds is 2. The smallest absolute Gasteiger partial charge is 0.295 e. The Morgan fingerprint density at radius 1 is 1.65 bits per heavy atom. The van der Waals surface area contributed by atoms with Crippen molar-refractivity contribution in [2.24, 2.45) is 0 Å². The first kappa shape index (κ1) is 11.9. The number of anilines is 1. The number of nitrogens with one attached hydrogen (secondary N) is 1. The molecule has 17 heavy (non-hydrogen) atoms. The first-order chi connectivity index (χ1) is 8.22. The van der Waals surface area contributed by atoms with E-state index in [9.17, 15) is 4.79 Å². The molecule has 1 aromatic rings. The van der Waals surface area contributed by atoms with E-state index in [0.717, 1.165) is 19.6 Å². The lowest BCUT2D eigenvalue weighted by molar-refractivity contribution is 0.0820. The van der Waals surface area contributed by atoms with Crippen molar-refractivity contribution in [1.29, 1.82) is 0 Å². The molecule has 6 nitrogen and oxygen atoms in total. The van der Waals surface area contributed by atoms with Gasteiger partial charge in [0, 0.05) is 19.7 Å². The van der Waals surface area contributed by atoms with E-state index in [1.165, 1.54) is 13.4 Å². The monoisotopic (exact) mass is 239 g/mol. The highest BCUT2D eigenvalue weighted by molar-refractivity contribution is 5.50. The Morgan fingerprint density at radius 2 is 2.47 bits per heavy atom. The van der Waals surface area contributed by atoms with E-state index in [1.807, 2.05) is 11.8 Å². The summed E-state index contributed by atoms with van der Waals surface area (Å²) in [4.78, 5) is 20.3. The lowest BCUT2D eigenvalue weighted by atomic mass is 10.3. The molecular weight excluding hydrogens is 222 g/mol. The van der Waals surface area contributed by atoms with Gasteiger partial charge in [-0.05, 0) is 13.3 Å². The molecule has 6 heteroatoms. The molecule has 1 unspecified atom stereocenters. The molecule has 1 N–H and O–H groups in total. The number of aromatic nitrogens is 2. The van der Waals surface area contributed by atoms with Crippen LogP contribution in [0.3, 0.4) is 0 Å². The number of H-pyrrole nitrogens is 1. The van der Waals surface area contributed by atoms with Gasteiger partial charge in [0.15, 0.2) is 5.82 Å². The summed E-state index contributed by atoms with van der Waals surface area (Å²) in [5.41, 5.74) is -0.254. The van der Waals surface area contributed by atoms with E-state index in [4.69, 9.17) is 9.47 Å². The summed E-state index contributed by atoms with van der Waals surface area (Å²) in [6.07, 6.45) is 2.45. The van der Waals surface area contributed by atoms with Gasteiger partial charge in [0.2, 0.25) is 5.75 Å². The molecule has 0 amide bonds. The zero-order chi connectivity index (χ0) is 12.3. The van der Waals surface area contributed by atoms with Gasteiger partial charge in [0.1, 0.15) is 0 Å². The molecule has 0 aromatic carbocycles. The fourth-order valence-electron chi connectivity index (χ4n) is 1.97.